The molecule has 1 aliphatic rings. The third-order valence-corrected chi connectivity index (χ3v) is 4.06. The molecule has 1 aromatic rings. The van der Waals surface area contributed by atoms with E-state index >= 15 is 0 Å². The molecule has 1 aliphatic heterocycles. The number of hydrogen-bond donors (Lipinski definition) is 1. The topological polar surface area (TPSA) is 30.5 Å². The van der Waals surface area contributed by atoms with Crippen LogP contribution in [-0.2, 0) is 4.74 Å². The zero-order valence-corrected chi connectivity index (χ0v) is 13.6. The van der Waals surface area contributed by atoms with Crippen molar-refractivity contribution in [2.24, 2.45) is 0 Å². The van der Waals surface area contributed by atoms with Crippen LogP contribution in [0.15, 0.2) is 24.3 Å². The zero-order chi connectivity index (χ0) is 14.9. The molecule has 2 unspecified atom stereocenters. The minimum Gasteiger partial charge on any atom is -0.492 e. The quantitative estimate of drug-likeness (QED) is 0.746. The summed E-state index contributed by atoms with van der Waals surface area (Å²) in [5.74, 6) is 0.875. The molecule has 1 saturated heterocycles. The first-order valence-corrected chi connectivity index (χ1v) is 8.39. The van der Waals surface area contributed by atoms with Gasteiger partial charge in [-0.05, 0) is 62.9 Å². The van der Waals surface area contributed by atoms with Crippen molar-refractivity contribution in [3.8, 4) is 5.75 Å². The van der Waals surface area contributed by atoms with Crippen LogP contribution in [0.4, 0.5) is 0 Å². The van der Waals surface area contributed by atoms with E-state index < -0.39 is 0 Å². The van der Waals surface area contributed by atoms with Gasteiger partial charge in [-0.1, -0.05) is 18.5 Å². The van der Waals surface area contributed by atoms with Crippen molar-refractivity contribution in [1.82, 2.24) is 5.32 Å². The van der Waals surface area contributed by atoms with Gasteiger partial charge in [-0.3, -0.25) is 0 Å². The summed E-state index contributed by atoms with van der Waals surface area (Å²) in [5.41, 5.74) is 0. The van der Waals surface area contributed by atoms with Crippen molar-refractivity contribution in [2.45, 2.75) is 51.2 Å². The molecule has 3 nitrogen and oxygen atoms in total. The molecule has 2 atom stereocenters. The highest BCUT2D eigenvalue weighted by Gasteiger charge is 2.18. The molecule has 0 spiro atoms. The van der Waals surface area contributed by atoms with Crippen LogP contribution >= 0.6 is 11.6 Å². The molecule has 0 bridgehead atoms. The number of nitrogens with one attached hydrogen (secondary N) is 1. The molecule has 1 aromatic carbocycles. The van der Waals surface area contributed by atoms with Crippen molar-refractivity contribution in [3.05, 3.63) is 29.3 Å². The van der Waals surface area contributed by atoms with E-state index in [2.05, 4.69) is 12.2 Å². The van der Waals surface area contributed by atoms with E-state index in [1.165, 1.54) is 12.8 Å². The van der Waals surface area contributed by atoms with Gasteiger partial charge in [-0.15, -0.1) is 0 Å². The van der Waals surface area contributed by atoms with E-state index in [4.69, 9.17) is 21.1 Å². The van der Waals surface area contributed by atoms with Gasteiger partial charge in [0.15, 0.2) is 0 Å². The Labute approximate surface area is 133 Å². The molecule has 2 rings (SSSR count). The average Bonchev–Trinajstić information content (AvgIpc) is 3.01. The van der Waals surface area contributed by atoms with Gasteiger partial charge in [0.25, 0.3) is 0 Å². The van der Waals surface area contributed by atoms with Gasteiger partial charge in [0, 0.05) is 17.7 Å². The molecular formula is C17H26ClNO2. The molecule has 0 aliphatic carbocycles. The number of halogens is 1. The Morgan fingerprint density at radius 2 is 2.19 bits per heavy atom. The molecule has 1 N–H and O–H groups in total. The predicted molar refractivity (Wildman–Crippen MR) is 87.2 cm³/mol. The molecule has 118 valence electrons. The van der Waals surface area contributed by atoms with Crippen molar-refractivity contribution < 1.29 is 9.47 Å². The third kappa shape index (κ3) is 6.25. The lowest BCUT2D eigenvalue weighted by molar-refractivity contribution is 0.0971. The van der Waals surface area contributed by atoms with Crippen LogP contribution in [0.3, 0.4) is 0 Å². The molecule has 4 heteroatoms. The number of rotatable bonds is 9. The highest BCUT2D eigenvalue weighted by molar-refractivity contribution is 6.30. The summed E-state index contributed by atoms with van der Waals surface area (Å²) in [7, 11) is 0. The van der Waals surface area contributed by atoms with Gasteiger partial charge in [0.1, 0.15) is 12.4 Å². The Balaban J connectivity index is 1.75. The normalized spacial score (nSPS) is 19.6. The first-order valence-electron chi connectivity index (χ1n) is 8.01. The second-order valence-electron chi connectivity index (χ2n) is 5.63. The molecule has 0 radical (unpaired) electrons. The van der Waals surface area contributed by atoms with Crippen molar-refractivity contribution in [2.75, 3.05) is 19.8 Å². The van der Waals surface area contributed by atoms with Crippen LogP contribution in [0.2, 0.25) is 5.02 Å². The van der Waals surface area contributed by atoms with E-state index in [0.29, 0.717) is 18.8 Å². The molecule has 0 amide bonds. The maximum Gasteiger partial charge on any atom is 0.119 e. The highest BCUT2D eigenvalue weighted by atomic mass is 35.5. The first-order chi connectivity index (χ1) is 10.3. The van der Waals surface area contributed by atoms with E-state index in [0.717, 1.165) is 43.2 Å². The summed E-state index contributed by atoms with van der Waals surface area (Å²) in [4.78, 5) is 0. The van der Waals surface area contributed by atoms with Crippen LogP contribution in [-0.4, -0.2) is 31.9 Å². The lowest BCUT2D eigenvalue weighted by Gasteiger charge is -2.20. The standard InChI is InChI=1S/C17H26ClNO2/c1-2-11-19-15(7-10-16-4-3-12-20-16)13-21-17-8-5-14(18)6-9-17/h5-6,8-9,15-16,19H,2-4,7,10-13H2,1H3. The summed E-state index contributed by atoms with van der Waals surface area (Å²) in [6.45, 7) is 4.83. The van der Waals surface area contributed by atoms with E-state index in [1.54, 1.807) is 0 Å². The van der Waals surface area contributed by atoms with Crippen molar-refractivity contribution in [1.29, 1.82) is 0 Å². The SMILES string of the molecule is CCCNC(CCC1CCCO1)COc1ccc(Cl)cc1. The predicted octanol–water partition coefficient (Wildman–Crippen LogP) is 4.05. The Kier molecular flexibility index (Phi) is 7.34. The fraction of sp³-hybridized carbons (Fsp3) is 0.647. The summed E-state index contributed by atoms with van der Waals surface area (Å²) < 4.78 is 11.6. The minimum absolute atomic E-state index is 0.379. The first kappa shape index (κ1) is 16.6. The van der Waals surface area contributed by atoms with Gasteiger partial charge in [-0.25, -0.2) is 0 Å². The van der Waals surface area contributed by atoms with Crippen molar-refractivity contribution in [3.63, 3.8) is 0 Å². The fourth-order valence-electron chi connectivity index (χ4n) is 2.58. The molecule has 0 aromatic heterocycles. The largest absolute Gasteiger partial charge is 0.492 e. The van der Waals surface area contributed by atoms with Crippen LogP contribution in [0.1, 0.15) is 39.0 Å². The summed E-state index contributed by atoms with van der Waals surface area (Å²) >= 11 is 5.88. The summed E-state index contributed by atoms with van der Waals surface area (Å²) in [6.07, 6.45) is 6.21. The summed E-state index contributed by atoms with van der Waals surface area (Å²) in [6, 6.07) is 7.93. The average molecular weight is 312 g/mol. The van der Waals surface area contributed by atoms with Gasteiger partial charge in [-0.2, -0.15) is 0 Å². The Hall–Kier alpha value is -0.770. The van der Waals surface area contributed by atoms with E-state index in [9.17, 15) is 0 Å². The van der Waals surface area contributed by atoms with Gasteiger partial charge >= 0.3 is 0 Å². The van der Waals surface area contributed by atoms with Crippen LogP contribution in [0.25, 0.3) is 0 Å². The maximum atomic E-state index is 5.88. The molecular weight excluding hydrogens is 286 g/mol. The molecule has 0 saturated carbocycles. The second-order valence-corrected chi connectivity index (χ2v) is 6.06. The highest BCUT2D eigenvalue weighted by Crippen LogP contribution is 2.19. The lowest BCUT2D eigenvalue weighted by atomic mass is 10.1. The van der Waals surface area contributed by atoms with Crippen LogP contribution in [0.5, 0.6) is 5.75 Å². The molecule has 1 heterocycles. The van der Waals surface area contributed by atoms with Gasteiger partial charge in [0.2, 0.25) is 0 Å². The number of hydrogen-bond acceptors (Lipinski definition) is 3. The Morgan fingerprint density at radius 3 is 2.86 bits per heavy atom. The van der Waals surface area contributed by atoms with Crippen molar-refractivity contribution >= 4 is 11.6 Å². The van der Waals surface area contributed by atoms with Gasteiger partial charge < -0.3 is 14.8 Å². The monoisotopic (exact) mass is 311 g/mol. The van der Waals surface area contributed by atoms with Gasteiger partial charge in [0.05, 0.1) is 6.10 Å². The minimum atomic E-state index is 0.379. The molecule has 1 fully saturated rings. The Bertz CT molecular complexity index is 390. The second kappa shape index (κ2) is 9.29. The van der Waals surface area contributed by atoms with Crippen LogP contribution in [0, 0.1) is 0 Å². The fourth-order valence-corrected chi connectivity index (χ4v) is 2.71. The van der Waals surface area contributed by atoms with E-state index in [-0.39, 0.29) is 0 Å². The van der Waals surface area contributed by atoms with E-state index in [1.807, 2.05) is 24.3 Å². The zero-order valence-electron chi connectivity index (χ0n) is 12.8. The summed E-state index contributed by atoms with van der Waals surface area (Å²) in [5, 5.41) is 4.31. The lowest BCUT2D eigenvalue weighted by Crippen LogP contribution is -2.36. The smallest absolute Gasteiger partial charge is 0.119 e. The maximum absolute atomic E-state index is 5.88. The van der Waals surface area contributed by atoms with Crippen LogP contribution < -0.4 is 10.1 Å². The molecule has 21 heavy (non-hydrogen) atoms. The third-order valence-electron chi connectivity index (χ3n) is 3.81. The Morgan fingerprint density at radius 1 is 1.38 bits per heavy atom. The number of benzene rings is 1. The number of ether oxygens (including phenoxy) is 2.